The zero-order valence-corrected chi connectivity index (χ0v) is 12.0. The first kappa shape index (κ1) is 13.7. The van der Waals surface area contributed by atoms with Crippen LogP contribution in [0, 0.1) is 0 Å². The molecule has 0 unspecified atom stereocenters. The third-order valence-electron chi connectivity index (χ3n) is 3.24. The van der Waals surface area contributed by atoms with Crippen molar-refractivity contribution in [2.24, 2.45) is 0 Å². The van der Waals surface area contributed by atoms with E-state index in [-0.39, 0.29) is 12.4 Å². The minimum absolute atomic E-state index is 0.00131. The first-order chi connectivity index (χ1) is 10.2. The van der Waals surface area contributed by atoms with E-state index < -0.39 is 0 Å². The summed E-state index contributed by atoms with van der Waals surface area (Å²) in [5, 5.41) is 2.75. The fourth-order valence-corrected chi connectivity index (χ4v) is 2.33. The van der Waals surface area contributed by atoms with Crippen LogP contribution in [0.2, 0.25) is 5.02 Å². The van der Waals surface area contributed by atoms with Crippen LogP contribution < -0.4 is 4.74 Å². The van der Waals surface area contributed by atoms with Crippen molar-refractivity contribution in [3.8, 4) is 5.75 Å². The molecule has 104 valence electrons. The predicted molar refractivity (Wildman–Crippen MR) is 85.2 cm³/mol. The van der Waals surface area contributed by atoms with E-state index in [1.165, 1.54) is 0 Å². The Kier molecular flexibility index (Phi) is 3.89. The molecular weight excluding hydrogens is 284 g/mol. The Balaban J connectivity index is 1.74. The average Bonchev–Trinajstić information content (AvgIpc) is 2.52. The number of rotatable bonds is 4. The van der Waals surface area contributed by atoms with Crippen LogP contribution >= 0.6 is 11.6 Å². The van der Waals surface area contributed by atoms with E-state index in [1.54, 1.807) is 24.3 Å². The van der Waals surface area contributed by atoms with Gasteiger partial charge in [-0.25, -0.2) is 0 Å². The van der Waals surface area contributed by atoms with E-state index >= 15 is 0 Å². The Hall–Kier alpha value is -2.32. The number of ether oxygens (including phenoxy) is 1. The Labute approximate surface area is 127 Å². The van der Waals surface area contributed by atoms with E-state index in [2.05, 4.69) is 0 Å². The summed E-state index contributed by atoms with van der Waals surface area (Å²) >= 11 is 5.88. The summed E-state index contributed by atoms with van der Waals surface area (Å²) in [6.07, 6.45) is 0. The second-order valence-electron chi connectivity index (χ2n) is 4.73. The number of halogens is 1. The van der Waals surface area contributed by atoms with Gasteiger partial charge in [0.25, 0.3) is 0 Å². The molecule has 3 heteroatoms. The molecule has 0 saturated carbocycles. The quantitative estimate of drug-likeness (QED) is 0.649. The SMILES string of the molecule is O=C(COc1cccc(Cl)c1)c1ccc2ccccc2c1. The Morgan fingerprint density at radius 1 is 0.905 bits per heavy atom. The highest BCUT2D eigenvalue weighted by atomic mass is 35.5. The van der Waals surface area contributed by atoms with Crippen molar-refractivity contribution < 1.29 is 9.53 Å². The fourth-order valence-electron chi connectivity index (χ4n) is 2.15. The number of benzene rings is 3. The number of hydrogen-bond acceptors (Lipinski definition) is 2. The van der Waals surface area contributed by atoms with E-state index in [9.17, 15) is 4.79 Å². The van der Waals surface area contributed by atoms with Gasteiger partial charge in [-0.1, -0.05) is 54.1 Å². The average molecular weight is 297 g/mol. The van der Waals surface area contributed by atoms with Gasteiger partial charge in [-0.15, -0.1) is 0 Å². The highest BCUT2D eigenvalue weighted by Crippen LogP contribution is 2.19. The third kappa shape index (κ3) is 3.23. The summed E-state index contributed by atoms with van der Waals surface area (Å²) in [5.41, 5.74) is 0.649. The zero-order chi connectivity index (χ0) is 14.7. The van der Waals surface area contributed by atoms with E-state index in [0.29, 0.717) is 16.3 Å². The highest BCUT2D eigenvalue weighted by Gasteiger charge is 2.08. The van der Waals surface area contributed by atoms with Gasteiger partial charge >= 0.3 is 0 Å². The molecule has 0 radical (unpaired) electrons. The Morgan fingerprint density at radius 3 is 2.52 bits per heavy atom. The molecule has 0 saturated heterocycles. The van der Waals surface area contributed by atoms with Crippen LogP contribution in [-0.4, -0.2) is 12.4 Å². The van der Waals surface area contributed by atoms with Crippen molar-refractivity contribution in [1.82, 2.24) is 0 Å². The monoisotopic (exact) mass is 296 g/mol. The number of hydrogen-bond donors (Lipinski definition) is 0. The second kappa shape index (κ2) is 5.98. The van der Waals surface area contributed by atoms with Gasteiger partial charge in [0.1, 0.15) is 5.75 Å². The molecule has 3 aromatic rings. The van der Waals surface area contributed by atoms with Gasteiger partial charge in [0.15, 0.2) is 12.4 Å². The van der Waals surface area contributed by atoms with Crippen molar-refractivity contribution in [1.29, 1.82) is 0 Å². The fraction of sp³-hybridized carbons (Fsp3) is 0.0556. The lowest BCUT2D eigenvalue weighted by Crippen LogP contribution is -2.11. The lowest BCUT2D eigenvalue weighted by molar-refractivity contribution is 0.0921. The van der Waals surface area contributed by atoms with Crippen molar-refractivity contribution in [3.63, 3.8) is 0 Å². The number of ketones is 1. The molecule has 0 fully saturated rings. The Bertz CT molecular complexity index is 796. The lowest BCUT2D eigenvalue weighted by atomic mass is 10.0. The Morgan fingerprint density at radius 2 is 1.71 bits per heavy atom. The van der Waals surface area contributed by atoms with Crippen LogP contribution in [-0.2, 0) is 0 Å². The summed E-state index contributed by atoms with van der Waals surface area (Å²) < 4.78 is 5.48. The second-order valence-corrected chi connectivity index (χ2v) is 5.17. The lowest BCUT2D eigenvalue weighted by Gasteiger charge is -2.06. The first-order valence-electron chi connectivity index (χ1n) is 6.63. The molecule has 0 N–H and O–H groups in total. The zero-order valence-electron chi connectivity index (χ0n) is 11.3. The molecule has 3 aromatic carbocycles. The molecule has 2 nitrogen and oxygen atoms in total. The van der Waals surface area contributed by atoms with Gasteiger partial charge < -0.3 is 4.74 Å². The molecule has 0 heterocycles. The minimum atomic E-state index is -0.0549. The van der Waals surface area contributed by atoms with Crippen LogP contribution in [0.4, 0.5) is 0 Å². The summed E-state index contributed by atoms with van der Waals surface area (Å²) in [7, 11) is 0. The molecule has 0 aliphatic carbocycles. The third-order valence-corrected chi connectivity index (χ3v) is 3.47. The maximum atomic E-state index is 12.2. The van der Waals surface area contributed by atoms with Crippen molar-refractivity contribution in [2.45, 2.75) is 0 Å². The van der Waals surface area contributed by atoms with Gasteiger partial charge in [0.05, 0.1) is 0 Å². The predicted octanol–water partition coefficient (Wildman–Crippen LogP) is 4.75. The van der Waals surface area contributed by atoms with Gasteiger partial charge in [-0.05, 0) is 35.0 Å². The number of fused-ring (bicyclic) bond motifs is 1. The smallest absolute Gasteiger partial charge is 0.200 e. The molecule has 0 aliphatic rings. The maximum absolute atomic E-state index is 12.2. The molecule has 0 spiro atoms. The van der Waals surface area contributed by atoms with Crippen LogP contribution in [0.25, 0.3) is 10.8 Å². The van der Waals surface area contributed by atoms with Crippen LogP contribution in [0.15, 0.2) is 66.7 Å². The van der Waals surface area contributed by atoms with Gasteiger partial charge in [-0.2, -0.15) is 0 Å². The molecule has 21 heavy (non-hydrogen) atoms. The van der Waals surface area contributed by atoms with Crippen molar-refractivity contribution in [2.75, 3.05) is 6.61 Å². The van der Waals surface area contributed by atoms with Crippen LogP contribution in [0.3, 0.4) is 0 Å². The van der Waals surface area contributed by atoms with E-state index in [0.717, 1.165) is 10.8 Å². The van der Waals surface area contributed by atoms with Crippen LogP contribution in [0.1, 0.15) is 10.4 Å². The maximum Gasteiger partial charge on any atom is 0.200 e. The summed E-state index contributed by atoms with van der Waals surface area (Å²) in [4.78, 5) is 12.2. The molecule has 0 bridgehead atoms. The largest absolute Gasteiger partial charge is 0.485 e. The summed E-state index contributed by atoms with van der Waals surface area (Å²) in [6.45, 7) is -0.00131. The van der Waals surface area contributed by atoms with Gasteiger partial charge in [0, 0.05) is 10.6 Å². The normalized spacial score (nSPS) is 10.5. The summed E-state index contributed by atoms with van der Waals surface area (Å²) in [5.74, 6) is 0.539. The van der Waals surface area contributed by atoms with Crippen molar-refractivity contribution in [3.05, 3.63) is 77.3 Å². The number of carbonyl (C=O) groups is 1. The molecular formula is C18H13ClO2. The number of Topliss-reactive ketones (excluding diaryl/α,β-unsaturated/α-hetero) is 1. The molecule has 0 aromatic heterocycles. The van der Waals surface area contributed by atoms with E-state index in [4.69, 9.17) is 16.3 Å². The van der Waals surface area contributed by atoms with Gasteiger partial charge in [0.2, 0.25) is 0 Å². The minimum Gasteiger partial charge on any atom is -0.485 e. The standard InChI is InChI=1S/C18H13ClO2/c19-16-6-3-7-17(11-16)21-12-18(20)15-9-8-13-4-1-2-5-14(13)10-15/h1-11H,12H2. The van der Waals surface area contributed by atoms with Crippen molar-refractivity contribution >= 4 is 28.2 Å². The molecule has 0 amide bonds. The first-order valence-corrected chi connectivity index (χ1v) is 7.00. The highest BCUT2D eigenvalue weighted by molar-refractivity contribution is 6.30. The van der Waals surface area contributed by atoms with Gasteiger partial charge in [-0.3, -0.25) is 4.79 Å². The molecule has 0 aliphatic heterocycles. The number of carbonyl (C=O) groups excluding carboxylic acids is 1. The topological polar surface area (TPSA) is 26.3 Å². The summed E-state index contributed by atoms with van der Waals surface area (Å²) in [6, 6.07) is 20.6. The van der Waals surface area contributed by atoms with E-state index in [1.807, 2.05) is 42.5 Å². The van der Waals surface area contributed by atoms with Crippen LogP contribution in [0.5, 0.6) is 5.75 Å². The molecule has 3 rings (SSSR count). The molecule has 0 atom stereocenters.